The molecule has 25 heavy (non-hydrogen) atoms. The first kappa shape index (κ1) is 17.5. The van der Waals surface area contributed by atoms with Gasteiger partial charge in [-0.05, 0) is 37.5 Å². The maximum Gasteiger partial charge on any atom is 0.291 e. The molecule has 134 valence electrons. The molecule has 1 aliphatic carbocycles. The fourth-order valence-electron chi connectivity index (χ4n) is 3.07. The molecular weight excluding hydrogens is 323 g/mol. The van der Waals surface area contributed by atoms with E-state index in [1.807, 2.05) is 13.8 Å². The van der Waals surface area contributed by atoms with E-state index >= 15 is 0 Å². The van der Waals surface area contributed by atoms with Crippen LogP contribution in [0.1, 0.15) is 55.5 Å². The molecule has 2 aromatic rings. The average molecular weight is 346 g/mol. The summed E-state index contributed by atoms with van der Waals surface area (Å²) in [7, 11) is 1.63. The van der Waals surface area contributed by atoms with Crippen molar-refractivity contribution < 1.29 is 13.9 Å². The van der Waals surface area contributed by atoms with Gasteiger partial charge in [-0.25, -0.2) is 14.1 Å². The van der Waals surface area contributed by atoms with Crippen LogP contribution in [0, 0.1) is 5.82 Å². The fourth-order valence-corrected chi connectivity index (χ4v) is 3.07. The lowest BCUT2D eigenvalue weighted by Gasteiger charge is -2.41. The standard InChI is InChI=1S/C18H23FN4O2/c1-12(2)16-20-15(17(24)21-18(11-25-3)8-5-9-18)22-23(16)14-7-4-6-13(19)10-14/h4,6-7,10,12H,5,8-9,11H2,1-3H3,(H,21,24). The van der Waals surface area contributed by atoms with E-state index in [2.05, 4.69) is 15.4 Å². The number of nitrogens with zero attached hydrogens (tertiary/aromatic N) is 3. The summed E-state index contributed by atoms with van der Waals surface area (Å²) >= 11 is 0. The summed E-state index contributed by atoms with van der Waals surface area (Å²) < 4.78 is 20.3. The van der Waals surface area contributed by atoms with Gasteiger partial charge >= 0.3 is 0 Å². The number of amides is 1. The molecule has 3 rings (SSSR count). The molecular formula is C18H23FN4O2. The second-order valence-electron chi connectivity index (χ2n) is 6.86. The third-order valence-electron chi connectivity index (χ3n) is 4.51. The zero-order valence-corrected chi connectivity index (χ0v) is 14.8. The summed E-state index contributed by atoms with van der Waals surface area (Å²) in [5.74, 6) is 0.0606. The highest BCUT2D eigenvalue weighted by atomic mass is 19.1. The van der Waals surface area contributed by atoms with Gasteiger partial charge in [-0.1, -0.05) is 19.9 Å². The van der Waals surface area contributed by atoms with Crippen molar-refractivity contribution in [2.24, 2.45) is 0 Å². The lowest BCUT2D eigenvalue weighted by atomic mass is 9.77. The Morgan fingerprint density at radius 2 is 2.20 bits per heavy atom. The van der Waals surface area contributed by atoms with Crippen molar-refractivity contribution in [1.82, 2.24) is 20.1 Å². The summed E-state index contributed by atoms with van der Waals surface area (Å²) in [6.07, 6.45) is 2.83. The zero-order chi connectivity index (χ0) is 18.0. The number of rotatable bonds is 6. The van der Waals surface area contributed by atoms with Gasteiger partial charge in [0.2, 0.25) is 5.82 Å². The molecule has 1 N–H and O–H groups in total. The van der Waals surface area contributed by atoms with Crippen molar-refractivity contribution in [3.63, 3.8) is 0 Å². The first-order chi connectivity index (χ1) is 11.9. The Morgan fingerprint density at radius 1 is 1.44 bits per heavy atom. The lowest BCUT2D eigenvalue weighted by molar-refractivity contribution is 0.0471. The largest absolute Gasteiger partial charge is 0.382 e. The third kappa shape index (κ3) is 3.56. The predicted octanol–water partition coefficient (Wildman–Crippen LogP) is 2.83. The van der Waals surface area contributed by atoms with Crippen LogP contribution >= 0.6 is 0 Å². The quantitative estimate of drug-likeness (QED) is 0.873. The number of carbonyl (C=O) groups is 1. The Hall–Kier alpha value is -2.28. The van der Waals surface area contributed by atoms with Crippen molar-refractivity contribution >= 4 is 5.91 Å². The minimum absolute atomic E-state index is 0.0361. The highest BCUT2D eigenvalue weighted by Crippen LogP contribution is 2.32. The zero-order valence-electron chi connectivity index (χ0n) is 14.8. The number of nitrogens with one attached hydrogen (secondary N) is 1. The van der Waals surface area contributed by atoms with Crippen molar-refractivity contribution in [1.29, 1.82) is 0 Å². The molecule has 1 aliphatic rings. The Labute approximate surface area is 146 Å². The van der Waals surface area contributed by atoms with Crippen LogP contribution in [0.3, 0.4) is 0 Å². The number of benzene rings is 1. The fraction of sp³-hybridized carbons (Fsp3) is 0.500. The minimum atomic E-state index is -0.359. The molecule has 1 aromatic carbocycles. The van der Waals surface area contributed by atoms with Crippen LogP contribution in [0.5, 0.6) is 0 Å². The highest BCUT2D eigenvalue weighted by molar-refractivity contribution is 5.91. The number of methoxy groups -OCH3 is 1. The van der Waals surface area contributed by atoms with E-state index in [0.717, 1.165) is 19.3 Å². The molecule has 1 aromatic heterocycles. The summed E-state index contributed by atoms with van der Waals surface area (Å²) in [4.78, 5) is 17.0. The molecule has 0 unspecified atom stereocenters. The first-order valence-corrected chi connectivity index (χ1v) is 8.48. The van der Waals surface area contributed by atoms with Crippen molar-refractivity contribution in [2.75, 3.05) is 13.7 Å². The molecule has 1 saturated carbocycles. The third-order valence-corrected chi connectivity index (χ3v) is 4.51. The molecule has 0 bridgehead atoms. The van der Waals surface area contributed by atoms with E-state index in [1.165, 1.54) is 16.8 Å². The molecule has 0 atom stereocenters. The Balaban J connectivity index is 1.90. The second-order valence-corrected chi connectivity index (χ2v) is 6.86. The van der Waals surface area contributed by atoms with Gasteiger partial charge in [0, 0.05) is 13.0 Å². The number of aromatic nitrogens is 3. The van der Waals surface area contributed by atoms with E-state index < -0.39 is 0 Å². The van der Waals surface area contributed by atoms with E-state index in [-0.39, 0.29) is 29.0 Å². The Morgan fingerprint density at radius 3 is 2.76 bits per heavy atom. The molecule has 0 saturated heterocycles. The summed E-state index contributed by atoms with van der Waals surface area (Å²) in [6, 6.07) is 6.09. The maximum absolute atomic E-state index is 13.6. The second kappa shape index (κ2) is 6.92. The van der Waals surface area contributed by atoms with Gasteiger partial charge in [-0.3, -0.25) is 4.79 Å². The Bertz CT molecular complexity index is 768. The van der Waals surface area contributed by atoms with Gasteiger partial charge in [-0.2, -0.15) is 0 Å². The average Bonchev–Trinajstić information content (AvgIpc) is 2.98. The predicted molar refractivity (Wildman–Crippen MR) is 91.3 cm³/mol. The maximum atomic E-state index is 13.6. The van der Waals surface area contributed by atoms with E-state index in [0.29, 0.717) is 18.1 Å². The molecule has 0 radical (unpaired) electrons. The van der Waals surface area contributed by atoms with Crippen LogP contribution in [-0.2, 0) is 4.74 Å². The number of ether oxygens (including phenoxy) is 1. The monoisotopic (exact) mass is 346 g/mol. The number of hydrogen-bond acceptors (Lipinski definition) is 4. The van der Waals surface area contributed by atoms with Crippen molar-refractivity contribution in [2.45, 2.75) is 44.6 Å². The van der Waals surface area contributed by atoms with Gasteiger partial charge in [0.25, 0.3) is 5.91 Å². The van der Waals surface area contributed by atoms with Crippen LogP contribution < -0.4 is 5.32 Å². The molecule has 1 heterocycles. The van der Waals surface area contributed by atoms with E-state index in [9.17, 15) is 9.18 Å². The summed E-state index contributed by atoms with van der Waals surface area (Å²) in [5.41, 5.74) is 0.222. The van der Waals surface area contributed by atoms with Gasteiger partial charge in [0.15, 0.2) is 0 Å². The summed E-state index contributed by atoms with van der Waals surface area (Å²) in [6.45, 7) is 4.39. The smallest absolute Gasteiger partial charge is 0.291 e. The lowest BCUT2D eigenvalue weighted by Crippen LogP contribution is -2.56. The number of hydrogen-bond donors (Lipinski definition) is 1. The van der Waals surface area contributed by atoms with Crippen molar-refractivity contribution in [3.8, 4) is 5.69 Å². The normalized spacial score (nSPS) is 15.9. The molecule has 7 heteroatoms. The molecule has 0 aliphatic heterocycles. The molecule has 0 spiro atoms. The molecule has 6 nitrogen and oxygen atoms in total. The van der Waals surface area contributed by atoms with Gasteiger partial charge in [0.05, 0.1) is 17.8 Å². The van der Waals surface area contributed by atoms with E-state index in [4.69, 9.17) is 4.74 Å². The van der Waals surface area contributed by atoms with Gasteiger partial charge in [0.1, 0.15) is 11.6 Å². The highest BCUT2D eigenvalue weighted by Gasteiger charge is 2.39. The topological polar surface area (TPSA) is 69.0 Å². The molecule has 1 amide bonds. The van der Waals surface area contributed by atoms with Crippen LogP contribution in [0.4, 0.5) is 4.39 Å². The van der Waals surface area contributed by atoms with Crippen LogP contribution in [0.2, 0.25) is 0 Å². The van der Waals surface area contributed by atoms with Crippen LogP contribution in [0.25, 0.3) is 5.69 Å². The SMILES string of the molecule is COCC1(NC(=O)c2nc(C(C)C)n(-c3cccc(F)c3)n2)CCC1. The van der Waals surface area contributed by atoms with Crippen LogP contribution in [0.15, 0.2) is 24.3 Å². The van der Waals surface area contributed by atoms with Crippen LogP contribution in [-0.4, -0.2) is 39.9 Å². The van der Waals surface area contributed by atoms with E-state index in [1.54, 1.807) is 19.2 Å². The first-order valence-electron chi connectivity index (χ1n) is 8.48. The summed E-state index contributed by atoms with van der Waals surface area (Å²) in [5, 5.41) is 7.34. The Kier molecular flexibility index (Phi) is 4.85. The van der Waals surface area contributed by atoms with Crippen molar-refractivity contribution in [3.05, 3.63) is 41.7 Å². The van der Waals surface area contributed by atoms with Gasteiger partial charge < -0.3 is 10.1 Å². The van der Waals surface area contributed by atoms with Gasteiger partial charge in [-0.15, -0.1) is 5.10 Å². The number of carbonyl (C=O) groups excluding carboxylic acids is 1. The number of halogens is 1. The minimum Gasteiger partial charge on any atom is -0.382 e. The molecule has 1 fully saturated rings.